The average Bonchev–Trinajstić information content (AvgIpc) is 2.52. The highest BCUT2D eigenvalue weighted by molar-refractivity contribution is 5.55. The van der Waals surface area contributed by atoms with Gasteiger partial charge in [-0.15, -0.1) is 0 Å². The van der Waals surface area contributed by atoms with Crippen molar-refractivity contribution in [3.63, 3.8) is 0 Å². The van der Waals surface area contributed by atoms with Gasteiger partial charge >= 0.3 is 0 Å². The Morgan fingerprint density at radius 3 is 2.69 bits per heavy atom. The molecule has 2 rings (SSSR count). The zero-order valence-corrected chi connectivity index (χ0v) is 7.24. The van der Waals surface area contributed by atoms with Crippen LogP contribution in [0.25, 0.3) is 11.4 Å². The molecule has 0 fully saturated rings. The predicted octanol–water partition coefficient (Wildman–Crippen LogP) is 2.23. The Bertz CT molecular complexity index is 420. The van der Waals surface area contributed by atoms with E-state index < -0.39 is 0 Å². The highest BCUT2D eigenvalue weighted by Gasteiger charge is 2.07. The third-order valence-electron chi connectivity index (χ3n) is 1.94. The van der Waals surface area contributed by atoms with E-state index >= 15 is 0 Å². The number of rotatable bonds is 1. The number of aromatic nitrogens is 2. The molecule has 0 atom stereocenters. The molecule has 0 aliphatic carbocycles. The molecule has 0 radical (unpaired) electrons. The second-order valence-electron chi connectivity index (χ2n) is 2.84. The Morgan fingerprint density at radius 2 is 2.08 bits per heavy atom. The Balaban J connectivity index is 2.59. The number of imidazole rings is 1. The van der Waals surface area contributed by atoms with Crippen molar-refractivity contribution in [2.45, 2.75) is 0 Å². The summed E-state index contributed by atoms with van der Waals surface area (Å²) < 4.78 is 15.1. The van der Waals surface area contributed by atoms with E-state index in [4.69, 9.17) is 0 Å². The van der Waals surface area contributed by atoms with Gasteiger partial charge in [-0.1, -0.05) is 12.1 Å². The second-order valence-corrected chi connectivity index (χ2v) is 2.84. The van der Waals surface area contributed by atoms with Crippen molar-refractivity contribution in [3.8, 4) is 11.4 Å². The zero-order valence-electron chi connectivity index (χ0n) is 7.24. The summed E-state index contributed by atoms with van der Waals surface area (Å²) in [5, 5.41) is 0. The lowest BCUT2D eigenvalue weighted by atomic mass is 10.2. The molecule has 0 saturated heterocycles. The number of hydrogen-bond donors (Lipinski definition) is 0. The normalized spacial score (nSPS) is 10.3. The molecule has 2 nitrogen and oxygen atoms in total. The predicted molar refractivity (Wildman–Crippen MR) is 48.6 cm³/mol. The van der Waals surface area contributed by atoms with Gasteiger partial charge in [0.15, 0.2) is 0 Å². The fourth-order valence-corrected chi connectivity index (χ4v) is 1.27. The first-order valence-corrected chi connectivity index (χ1v) is 4.01. The maximum Gasteiger partial charge on any atom is 0.142 e. The summed E-state index contributed by atoms with van der Waals surface area (Å²) in [7, 11) is 1.84. The van der Waals surface area contributed by atoms with Gasteiger partial charge in [0.1, 0.15) is 11.6 Å². The van der Waals surface area contributed by atoms with Crippen molar-refractivity contribution in [2.75, 3.05) is 0 Å². The largest absolute Gasteiger partial charge is 0.334 e. The van der Waals surface area contributed by atoms with Crippen molar-refractivity contribution < 1.29 is 4.39 Å². The molecule has 13 heavy (non-hydrogen) atoms. The van der Waals surface area contributed by atoms with Crippen LogP contribution in [0, 0.1) is 5.82 Å². The van der Waals surface area contributed by atoms with Crippen LogP contribution in [-0.4, -0.2) is 9.55 Å². The highest BCUT2D eigenvalue weighted by Crippen LogP contribution is 2.19. The summed E-state index contributed by atoms with van der Waals surface area (Å²) in [5.74, 6) is 0.412. The van der Waals surface area contributed by atoms with Crippen LogP contribution < -0.4 is 0 Å². The Hall–Kier alpha value is -1.64. The van der Waals surface area contributed by atoms with Gasteiger partial charge in [-0.2, -0.15) is 0 Å². The van der Waals surface area contributed by atoms with Gasteiger partial charge < -0.3 is 4.57 Å². The van der Waals surface area contributed by atoms with E-state index in [1.165, 1.54) is 6.07 Å². The van der Waals surface area contributed by atoms with Gasteiger partial charge in [0.05, 0.1) is 5.56 Å². The molecule has 2 aromatic rings. The molecule has 0 amide bonds. The zero-order chi connectivity index (χ0) is 9.26. The van der Waals surface area contributed by atoms with E-state index in [-0.39, 0.29) is 5.82 Å². The molecule has 0 saturated carbocycles. The minimum Gasteiger partial charge on any atom is -0.334 e. The standard InChI is InChI=1S/C10H9FN2/c1-13-7-6-12-10(13)8-4-2-3-5-9(8)11/h2-7H,1H3. The molecular formula is C10H9FN2. The van der Waals surface area contributed by atoms with Crippen LogP contribution in [-0.2, 0) is 7.05 Å². The minimum absolute atomic E-state index is 0.239. The quantitative estimate of drug-likeness (QED) is 0.651. The summed E-state index contributed by atoms with van der Waals surface area (Å²) >= 11 is 0. The van der Waals surface area contributed by atoms with Crippen molar-refractivity contribution >= 4 is 0 Å². The van der Waals surface area contributed by atoms with E-state index in [0.29, 0.717) is 11.4 Å². The van der Waals surface area contributed by atoms with Crippen molar-refractivity contribution in [1.82, 2.24) is 9.55 Å². The van der Waals surface area contributed by atoms with Crippen LogP contribution in [0.4, 0.5) is 4.39 Å². The highest BCUT2D eigenvalue weighted by atomic mass is 19.1. The monoisotopic (exact) mass is 176 g/mol. The van der Waals surface area contributed by atoms with Crippen molar-refractivity contribution in [2.24, 2.45) is 7.05 Å². The van der Waals surface area contributed by atoms with Gasteiger partial charge in [0.2, 0.25) is 0 Å². The lowest BCUT2D eigenvalue weighted by molar-refractivity contribution is 0.629. The van der Waals surface area contributed by atoms with Crippen LogP contribution in [0.15, 0.2) is 36.7 Å². The van der Waals surface area contributed by atoms with Gasteiger partial charge in [-0.3, -0.25) is 0 Å². The Morgan fingerprint density at radius 1 is 1.31 bits per heavy atom. The Labute approximate surface area is 75.7 Å². The third-order valence-corrected chi connectivity index (χ3v) is 1.94. The molecule has 1 heterocycles. The molecular weight excluding hydrogens is 167 g/mol. The SMILES string of the molecule is Cn1ccnc1-c1ccccc1F. The van der Waals surface area contributed by atoms with E-state index in [9.17, 15) is 4.39 Å². The Kier molecular flexibility index (Phi) is 1.85. The second kappa shape index (κ2) is 3.01. The van der Waals surface area contributed by atoms with Gasteiger partial charge in [0, 0.05) is 19.4 Å². The van der Waals surface area contributed by atoms with Gasteiger partial charge in [0.25, 0.3) is 0 Å². The van der Waals surface area contributed by atoms with Crippen LogP contribution in [0.3, 0.4) is 0 Å². The number of hydrogen-bond acceptors (Lipinski definition) is 1. The van der Waals surface area contributed by atoms with Gasteiger partial charge in [-0.05, 0) is 12.1 Å². The maximum absolute atomic E-state index is 13.3. The molecule has 0 N–H and O–H groups in total. The molecule has 0 aliphatic heterocycles. The summed E-state index contributed by atoms with van der Waals surface area (Å²) in [6.07, 6.45) is 3.45. The molecule has 1 aromatic carbocycles. The smallest absolute Gasteiger partial charge is 0.142 e. The van der Waals surface area contributed by atoms with E-state index in [1.807, 2.05) is 7.05 Å². The van der Waals surface area contributed by atoms with E-state index in [0.717, 1.165) is 0 Å². The van der Waals surface area contributed by atoms with Crippen LogP contribution in [0.2, 0.25) is 0 Å². The lowest BCUT2D eigenvalue weighted by Crippen LogP contribution is -1.93. The number of nitrogens with zero attached hydrogens (tertiary/aromatic N) is 2. The van der Waals surface area contributed by atoms with Crippen LogP contribution >= 0.6 is 0 Å². The molecule has 1 aromatic heterocycles. The molecule has 3 heteroatoms. The summed E-state index contributed by atoms with van der Waals surface area (Å²) in [6.45, 7) is 0. The molecule has 0 unspecified atom stereocenters. The fourth-order valence-electron chi connectivity index (χ4n) is 1.27. The fraction of sp³-hybridized carbons (Fsp3) is 0.100. The first-order chi connectivity index (χ1) is 6.29. The first kappa shape index (κ1) is 7.98. The van der Waals surface area contributed by atoms with Crippen LogP contribution in [0.1, 0.15) is 0 Å². The van der Waals surface area contributed by atoms with E-state index in [2.05, 4.69) is 4.98 Å². The number of aryl methyl sites for hydroxylation is 1. The number of benzene rings is 1. The topological polar surface area (TPSA) is 17.8 Å². The number of halogens is 1. The summed E-state index contributed by atoms with van der Waals surface area (Å²) in [4.78, 5) is 4.07. The summed E-state index contributed by atoms with van der Waals surface area (Å²) in [5.41, 5.74) is 0.537. The average molecular weight is 176 g/mol. The lowest BCUT2D eigenvalue weighted by Gasteiger charge is -2.01. The molecule has 0 aliphatic rings. The molecule has 0 spiro atoms. The van der Waals surface area contributed by atoms with Crippen molar-refractivity contribution in [1.29, 1.82) is 0 Å². The molecule has 0 bridgehead atoms. The third kappa shape index (κ3) is 1.33. The molecule has 66 valence electrons. The van der Waals surface area contributed by atoms with Gasteiger partial charge in [-0.25, -0.2) is 9.37 Å². The van der Waals surface area contributed by atoms with Crippen molar-refractivity contribution in [3.05, 3.63) is 42.5 Å². The maximum atomic E-state index is 13.3. The summed E-state index contributed by atoms with van der Waals surface area (Å²) in [6, 6.07) is 6.62. The first-order valence-electron chi connectivity index (χ1n) is 4.01. The minimum atomic E-state index is -0.239. The van der Waals surface area contributed by atoms with Crippen LogP contribution in [0.5, 0.6) is 0 Å². The van der Waals surface area contributed by atoms with E-state index in [1.54, 1.807) is 35.2 Å².